The highest BCUT2D eigenvalue weighted by Crippen LogP contribution is 2.35. The van der Waals surface area contributed by atoms with Crippen LogP contribution in [-0.4, -0.2) is 13.1 Å². The van der Waals surface area contributed by atoms with Gasteiger partial charge in [0.05, 0.1) is 0 Å². The van der Waals surface area contributed by atoms with Gasteiger partial charge >= 0.3 is 0 Å². The molecule has 1 aromatic carbocycles. The molecule has 1 nitrogen and oxygen atoms in total. The van der Waals surface area contributed by atoms with E-state index in [1.165, 1.54) is 6.42 Å². The van der Waals surface area contributed by atoms with E-state index >= 15 is 0 Å². The molecule has 0 amide bonds. The molecule has 0 atom stereocenters. The molecule has 0 saturated carbocycles. The summed E-state index contributed by atoms with van der Waals surface area (Å²) in [6.07, 6.45) is 2.04. The van der Waals surface area contributed by atoms with E-state index < -0.39 is 0 Å². The van der Waals surface area contributed by atoms with E-state index in [4.69, 9.17) is 0 Å². The molecule has 1 aliphatic heterocycles. The molecule has 1 saturated heterocycles. The van der Waals surface area contributed by atoms with Crippen molar-refractivity contribution in [2.45, 2.75) is 26.7 Å². The Hall–Kier alpha value is -0.890. The van der Waals surface area contributed by atoms with Crippen LogP contribution < -0.4 is 5.32 Å². The first-order valence-electron chi connectivity index (χ1n) is 6.05. The summed E-state index contributed by atoms with van der Waals surface area (Å²) in [5.74, 6) is 0.617. The largest absolute Gasteiger partial charge is 0.316 e. The molecular weight excluding hydrogens is 201 g/mol. The molecular formula is C14H20FN. The number of hydrogen-bond donors (Lipinski definition) is 1. The highest BCUT2D eigenvalue weighted by Gasteiger charge is 2.37. The minimum absolute atomic E-state index is 0.0578. The average molecular weight is 221 g/mol. The van der Waals surface area contributed by atoms with Gasteiger partial charge in [-0.15, -0.1) is 0 Å². The third kappa shape index (κ3) is 2.43. The minimum atomic E-state index is -0.0578. The van der Waals surface area contributed by atoms with Crippen LogP contribution >= 0.6 is 0 Å². The Labute approximate surface area is 97.1 Å². The molecule has 16 heavy (non-hydrogen) atoms. The van der Waals surface area contributed by atoms with Crippen molar-refractivity contribution >= 4 is 0 Å². The van der Waals surface area contributed by atoms with Crippen LogP contribution in [0.15, 0.2) is 24.3 Å². The van der Waals surface area contributed by atoms with Gasteiger partial charge in [-0.1, -0.05) is 32.0 Å². The van der Waals surface area contributed by atoms with Gasteiger partial charge in [-0.05, 0) is 35.8 Å². The Bertz CT molecular complexity index is 356. The maximum atomic E-state index is 13.6. The highest BCUT2D eigenvalue weighted by atomic mass is 19.1. The van der Waals surface area contributed by atoms with E-state index in [0.717, 1.165) is 25.1 Å². The molecule has 0 bridgehead atoms. The summed E-state index contributed by atoms with van der Waals surface area (Å²) in [6.45, 7) is 6.53. The Morgan fingerprint density at radius 3 is 2.50 bits per heavy atom. The minimum Gasteiger partial charge on any atom is -0.316 e. The molecule has 0 aromatic heterocycles. The third-order valence-corrected chi connectivity index (χ3v) is 3.36. The topological polar surface area (TPSA) is 12.0 Å². The maximum Gasteiger partial charge on any atom is 0.126 e. The standard InChI is InChI=1S/C14H20FN/c1-11(2)7-14(9-16-10-14)8-12-5-3-4-6-13(12)15/h3-6,11,16H,7-10H2,1-2H3. The molecule has 1 fully saturated rings. The second-order valence-electron chi connectivity index (χ2n) is 5.47. The van der Waals surface area contributed by atoms with Crippen LogP contribution in [0.1, 0.15) is 25.8 Å². The Morgan fingerprint density at radius 1 is 1.31 bits per heavy atom. The molecule has 1 N–H and O–H groups in total. The first-order valence-corrected chi connectivity index (χ1v) is 6.05. The molecule has 0 spiro atoms. The number of hydrogen-bond acceptors (Lipinski definition) is 1. The average Bonchev–Trinajstić information content (AvgIpc) is 2.17. The van der Waals surface area contributed by atoms with E-state index in [-0.39, 0.29) is 11.2 Å². The first kappa shape index (κ1) is 11.6. The quantitative estimate of drug-likeness (QED) is 0.824. The lowest BCUT2D eigenvalue weighted by Gasteiger charge is -2.44. The van der Waals surface area contributed by atoms with Crippen LogP contribution in [0.2, 0.25) is 0 Å². The van der Waals surface area contributed by atoms with Crippen LogP contribution in [0.5, 0.6) is 0 Å². The zero-order valence-electron chi connectivity index (χ0n) is 10.1. The molecule has 0 unspecified atom stereocenters. The van der Waals surface area contributed by atoms with E-state index in [0.29, 0.717) is 5.92 Å². The van der Waals surface area contributed by atoms with Crippen LogP contribution in [0.25, 0.3) is 0 Å². The van der Waals surface area contributed by atoms with Crippen molar-refractivity contribution in [3.8, 4) is 0 Å². The third-order valence-electron chi connectivity index (χ3n) is 3.36. The monoisotopic (exact) mass is 221 g/mol. The van der Waals surface area contributed by atoms with Gasteiger partial charge in [-0.2, -0.15) is 0 Å². The van der Waals surface area contributed by atoms with Gasteiger partial charge in [0.15, 0.2) is 0 Å². The van der Waals surface area contributed by atoms with Crippen molar-refractivity contribution < 1.29 is 4.39 Å². The zero-order chi connectivity index (χ0) is 11.6. The van der Waals surface area contributed by atoms with Crippen LogP contribution in [0.3, 0.4) is 0 Å². The van der Waals surface area contributed by atoms with Crippen molar-refractivity contribution in [2.24, 2.45) is 11.3 Å². The highest BCUT2D eigenvalue weighted by molar-refractivity contribution is 5.20. The van der Waals surface area contributed by atoms with Crippen molar-refractivity contribution in [3.63, 3.8) is 0 Å². The molecule has 1 aliphatic rings. The van der Waals surface area contributed by atoms with Crippen molar-refractivity contribution in [3.05, 3.63) is 35.6 Å². The predicted molar refractivity (Wildman–Crippen MR) is 64.9 cm³/mol. The Kier molecular flexibility index (Phi) is 3.29. The summed E-state index contributed by atoms with van der Waals surface area (Å²) >= 11 is 0. The molecule has 1 heterocycles. The van der Waals surface area contributed by atoms with Crippen molar-refractivity contribution in [1.82, 2.24) is 5.32 Å². The number of rotatable bonds is 4. The second kappa shape index (κ2) is 4.54. The van der Waals surface area contributed by atoms with E-state index in [9.17, 15) is 4.39 Å². The van der Waals surface area contributed by atoms with Gasteiger partial charge in [-0.25, -0.2) is 4.39 Å². The van der Waals surface area contributed by atoms with E-state index in [2.05, 4.69) is 19.2 Å². The molecule has 2 heteroatoms. The van der Waals surface area contributed by atoms with E-state index in [1.54, 1.807) is 12.1 Å². The number of nitrogens with one attached hydrogen (secondary N) is 1. The normalized spacial score (nSPS) is 18.5. The fourth-order valence-corrected chi connectivity index (χ4v) is 2.73. The predicted octanol–water partition coefficient (Wildman–Crippen LogP) is 3.00. The van der Waals surface area contributed by atoms with Crippen molar-refractivity contribution in [2.75, 3.05) is 13.1 Å². The molecule has 2 rings (SSSR count). The summed E-state index contributed by atoms with van der Waals surface area (Å²) in [6, 6.07) is 7.15. The zero-order valence-corrected chi connectivity index (χ0v) is 10.1. The summed E-state index contributed by atoms with van der Waals surface area (Å²) in [5, 5.41) is 3.32. The summed E-state index contributed by atoms with van der Waals surface area (Å²) in [4.78, 5) is 0. The second-order valence-corrected chi connectivity index (χ2v) is 5.47. The maximum absolute atomic E-state index is 13.6. The molecule has 1 aromatic rings. The number of halogens is 1. The molecule has 0 radical (unpaired) electrons. The smallest absolute Gasteiger partial charge is 0.126 e. The van der Waals surface area contributed by atoms with Crippen molar-refractivity contribution in [1.29, 1.82) is 0 Å². The summed E-state index contributed by atoms with van der Waals surface area (Å²) in [5.41, 5.74) is 1.15. The lowest BCUT2D eigenvalue weighted by molar-refractivity contribution is 0.130. The van der Waals surface area contributed by atoms with Gasteiger partial charge in [0.25, 0.3) is 0 Å². The summed E-state index contributed by atoms with van der Waals surface area (Å²) < 4.78 is 13.6. The van der Waals surface area contributed by atoms with Gasteiger partial charge in [0, 0.05) is 13.1 Å². The Morgan fingerprint density at radius 2 is 2.00 bits per heavy atom. The van der Waals surface area contributed by atoms with Gasteiger partial charge in [0.2, 0.25) is 0 Å². The van der Waals surface area contributed by atoms with Gasteiger partial charge in [-0.3, -0.25) is 0 Å². The summed E-state index contributed by atoms with van der Waals surface area (Å²) in [7, 11) is 0. The molecule has 0 aliphatic carbocycles. The van der Waals surface area contributed by atoms with Crippen LogP contribution in [0.4, 0.5) is 4.39 Å². The fourth-order valence-electron chi connectivity index (χ4n) is 2.73. The van der Waals surface area contributed by atoms with Gasteiger partial charge < -0.3 is 5.32 Å². The van der Waals surface area contributed by atoms with E-state index in [1.807, 2.05) is 12.1 Å². The first-order chi connectivity index (χ1) is 7.61. The molecule has 88 valence electrons. The van der Waals surface area contributed by atoms with Crippen LogP contribution in [0, 0.1) is 17.2 Å². The SMILES string of the molecule is CC(C)CC1(Cc2ccccc2F)CNC1. The lowest BCUT2D eigenvalue weighted by atomic mass is 9.71. The van der Waals surface area contributed by atoms with Crippen LogP contribution in [-0.2, 0) is 6.42 Å². The van der Waals surface area contributed by atoms with Gasteiger partial charge in [0.1, 0.15) is 5.82 Å². The number of benzene rings is 1. The lowest BCUT2D eigenvalue weighted by Crippen LogP contribution is -2.55. The fraction of sp³-hybridized carbons (Fsp3) is 0.571. The Balaban J connectivity index is 2.10.